The fourth-order valence-electron chi connectivity index (χ4n) is 4.34. The first-order chi connectivity index (χ1) is 12.2. The van der Waals surface area contributed by atoms with E-state index in [9.17, 15) is 4.79 Å². The van der Waals surface area contributed by atoms with Crippen molar-refractivity contribution in [1.82, 2.24) is 15.5 Å². The molecular weight excluding hydrogens is 310 g/mol. The summed E-state index contributed by atoms with van der Waals surface area (Å²) < 4.78 is 0. The van der Waals surface area contributed by atoms with Crippen LogP contribution in [0.15, 0.2) is 30.3 Å². The van der Waals surface area contributed by atoms with Crippen LogP contribution in [-0.4, -0.2) is 43.5 Å². The molecule has 3 rings (SSSR count). The van der Waals surface area contributed by atoms with Crippen molar-refractivity contribution in [2.24, 2.45) is 11.8 Å². The molecule has 138 valence electrons. The van der Waals surface area contributed by atoms with Crippen LogP contribution in [0.2, 0.25) is 0 Å². The van der Waals surface area contributed by atoms with Gasteiger partial charge in [0.2, 0.25) is 5.91 Å². The molecule has 1 aromatic rings. The van der Waals surface area contributed by atoms with Crippen LogP contribution in [0.4, 0.5) is 0 Å². The van der Waals surface area contributed by atoms with Crippen molar-refractivity contribution in [3.05, 3.63) is 35.9 Å². The van der Waals surface area contributed by atoms with E-state index in [0.29, 0.717) is 24.3 Å². The highest BCUT2D eigenvalue weighted by Crippen LogP contribution is 2.26. The van der Waals surface area contributed by atoms with Gasteiger partial charge in [0.15, 0.2) is 0 Å². The molecule has 4 nitrogen and oxygen atoms in total. The predicted molar refractivity (Wildman–Crippen MR) is 102 cm³/mol. The SMILES string of the molecule is CC(CC(=O)NCC(c1ccccc1)N1CCCC1)C1CCNCC1. The number of nitrogens with zero attached hydrogens (tertiary/aromatic N) is 1. The lowest BCUT2D eigenvalue weighted by molar-refractivity contribution is -0.122. The molecule has 2 fully saturated rings. The highest BCUT2D eigenvalue weighted by atomic mass is 16.1. The van der Waals surface area contributed by atoms with E-state index in [1.807, 2.05) is 0 Å². The molecule has 0 radical (unpaired) electrons. The Balaban J connectivity index is 1.52. The Bertz CT molecular complexity index is 521. The van der Waals surface area contributed by atoms with Gasteiger partial charge in [0.1, 0.15) is 0 Å². The molecule has 0 spiro atoms. The molecule has 4 heteroatoms. The predicted octanol–water partition coefficient (Wildman–Crippen LogP) is 2.97. The smallest absolute Gasteiger partial charge is 0.220 e. The van der Waals surface area contributed by atoms with Crippen molar-refractivity contribution in [3.8, 4) is 0 Å². The molecule has 2 aliphatic rings. The second-order valence-electron chi connectivity index (χ2n) is 7.74. The summed E-state index contributed by atoms with van der Waals surface area (Å²) in [5, 5.41) is 6.64. The Labute approximate surface area is 152 Å². The second kappa shape index (κ2) is 9.35. The number of amides is 1. The summed E-state index contributed by atoms with van der Waals surface area (Å²) in [6.45, 7) is 7.44. The quantitative estimate of drug-likeness (QED) is 0.800. The molecule has 2 atom stereocenters. The zero-order valence-corrected chi connectivity index (χ0v) is 15.5. The number of carbonyl (C=O) groups excluding carboxylic acids is 1. The van der Waals surface area contributed by atoms with E-state index in [1.165, 1.54) is 31.2 Å². The average Bonchev–Trinajstić information content (AvgIpc) is 3.18. The highest BCUT2D eigenvalue weighted by Gasteiger charge is 2.25. The minimum Gasteiger partial charge on any atom is -0.354 e. The lowest BCUT2D eigenvalue weighted by atomic mass is 9.84. The number of piperidine rings is 1. The van der Waals surface area contributed by atoms with E-state index < -0.39 is 0 Å². The zero-order chi connectivity index (χ0) is 17.5. The summed E-state index contributed by atoms with van der Waals surface area (Å²) >= 11 is 0. The van der Waals surface area contributed by atoms with Crippen LogP contribution in [0.5, 0.6) is 0 Å². The number of rotatable bonds is 7. The fourth-order valence-corrected chi connectivity index (χ4v) is 4.34. The number of benzene rings is 1. The molecule has 0 saturated carbocycles. The van der Waals surface area contributed by atoms with Crippen molar-refractivity contribution in [2.75, 3.05) is 32.7 Å². The molecule has 2 N–H and O–H groups in total. The van der Waals surface area contributed by atoms with Gasteiger partial charge in [-0.05, 0) is 69.3 Å². The van der Waals surface area contributed by atoms with Gasteiger partial charge in [0.05, 0.1) is 6.04 Å². The number of hydrogen-bond acceptors (Lipinski definition) is 3. The minimum absolute atomic E-state index is 0.214. The van der Waals surface area contributed by atoms with Crippen molar-refractivity contribution in [1.29, 1.82) is 0 Å². The lowest BCUT2D eigenvalue weighted by Crippen LogP contribution is -2.38. The zero-order valence-electron chi connectivity index (χ0n) is 15.5. The molecule has 2 aliphatic heterocycles. The van der Waals surface area contributed by atoms with Crippen molar-refractivity contribution in [3.63, 3.8) is 0 Å². The maximum absolute atomic E-state index is 12.5. The molecule has 2 saturated heterocycles. The topological polar surface area (TPSA) is 44.4 Å². The third kappa shape index (κ3) is 5.29. The van der Waals surface area contributed by atoms with E-state index in [1.54, 1.807) is 0 Å². The number of hydrogen-bond donors (Lipinski definition) is 2. The maximum Gasteiger partial charge on any atom is 0.220 e. The van der Waals surface area contributed by atoms with Crippen LogP contribution in [0, 0.1) is 11.8 Å². The van der Waals surface area contributed by atoms with Crippen LogP contribution < -0.4 is 10.6 Å². The van der Waals surface area contributed by atoms with E-state index in [-0.39, 0.29) is 5.91 Å². The highest BCUT2D eigenvalue weighted by molar-refractivity contribution is 5.76. The molecule has 0 aliphatic carbocycles. The van der Waals surface area contributed by atoms with Gasteiger partial charge >= 0.3 is 0 Å². The average molecular weight is 344 g/mol. The van der Waals surface area contributed by atoms with Gasteiger partial charge < -0.3 is 10.6 Å². The summed E-state index contributed by atoms with van der Waals surface area (Å²) in [5.74, 6) is 1.38. The molecule has 1 amide bonds. The fraction of sp³-hybridized carbons (Fsp3) is 0.667. The Kier molecular flexibility index (Phi) is 6.88. The lowest BCUT2D eigenvalue weighted by Gasteiger charge is -2.30. The Morgan fingerprint density at radius 3 is 2.56 bits per heavy atom. The van der Waals surface area contributed by atoms with Gasteiger partial charge in [-0.3, -0.25) is 9.69 Å². The summed E-state index contributed by atoms with van der Waals surface area (Å²) in [5.41, 5.74) is 1.32. The van der Waals surface area contributed by atoms with Crippen LogP contribution in [-0.2, 0) is 4.79 Å². The molecule has 0 aromatic heterocycles. The molecule has 0 bridgehead atoms. The van der Waals surface area contributed by atoms with Crippen LogP contribution in [0.3, 0.4) is 0 Å². The van der Waals surface area contributed by atoms with Gasteiger partial charge in [0.25, 0.3) is 0 Å². The summed E-state index contributed by atoms with van der Waals surface area (Å²) in [4.78, 5) is 15.0. The van der Waals surface area contributed by atoms with E-state index >= 15 is 0 Å². The monoisotopic (exact) mass is 343 g/mol. The molecular formula is C21H33N3O. The summed E-state index contributed by atoms with van der Waals surface area (Å²) in [6, 6.07) is 10.9. The first-order valence-corrected chi connectivity index (χ1v) is 10.0. The van der Waals surface area contributed by atoms with Crippen molar-refractivity contribution < 1.29 is 4.79 Å². The largest absolute Gasteiger partial charge is 0.354 e. The first kappa shape index (κ1) is 18.4. The molecule has 2 heterocycles. The van der Waals surface area contributed by atoms with E-state index in [0.717, 1.165) is 32.7 Å². The van der Waals surface area contributed by atoms with Gasteiger partial charge in [-0.15, -0.1) is 0 Å². The van der Waals surface area contributed by atoms with E-state index in [4.69, 9.17) is 0 Å². The van der Waals surface area contributed by atoms with E-state index in [2.05, 4.69) is 52.8 Å². The van der Waals surface area contributed by atoms with Gasteiger partial charge in [-0.1, -0.05) is 37.3 Å². The molecule has 25 heavy (non-hydrogen) atoms. The number of carbonyl (C=O) groups is 1. The Morgan fingerprint density at radius 2 is 1.88 bits per heavy atom. The number of nitrogens with one attached hydrogen (secondary N) is 2. The molecule has 2 unspecified atom stereocenters. The maximum atomic E-state index is 12.5. The second-order valence-corrected chi connectivity index (χ2v) is 7.74. The third-order valence-electron chi connectivity index (χ3n) is 5.95. The third-order valence-corrected chi connectivity index (χ3v) is 5.95. The normalized spacial score (nSPS) is 21.8. The van der Waals surface area contributed by atoms with Crippen LogP contribution in [0.25, 0.3) is 0 Å². The Morgan fingerprint density at radius 1 is 1.20 bits per heavy atom. The first-order valence-electron chi connectivity index (χ1n) is 10.0. The van der Waals surface area contributed by atoms with Crippen LogP contribution in [0.1, 0.15) is 50.6 Å². The number of likely N-dealkylation sites (tertiary alicyclic amines) is 1. The van der Waals surface area contributed by atoms with Gasteiger partial charge in [0, 0.05) is 13.0 Å². The Hall–Kier alpha value is -1.39. The summed E-state index contributed by atoms with van der Waals surface area (Å²) in [6.07, 6.45) is 5.60. The van der Waals surface area contributed by atoms with Gasteiger partial charge in [-0.25, -0.2) is 0 Å². The minimum atomic E-state index is 0.214. The van der Waals surface area contributed by atoms with Crippen molar-refractivity contribution >= 4 is 5.91 Å². The summed E-state index contributed by atoms with van der Waals surface area (Å²) in [7, 11) is 0. The molecule has 1 aromatic carbocycles. The van der Waals surface area contributed by atoms with Crippen molar-refractivity contribution in [2.45, 2.75) is 45.1 Å². The van der Waals surface area contributed by atoms with Gasteiger partial charge in [-0.2, -0.15) is 0 Å². The van der Waals surface area contributed by atoms with Crippen LogP contribution >= 0.6 is 0 Å². The standard InChI is InChI=1S/C21H33N3O/c1-17(18-9-11-22-12-10-18)15-21(25)23-16-20(24-13-5-6-14-24)19-7-3-2-4-8-19/h2-4,7-8,17-18,20,22H,5-6,9-16H2,1H3,(H,23,25).